The molecule has 2 atom stereocenters. The van der Waals surface area contributed by atoms with Gasteiger partial charge in [-0.2, -0.15) is 0 Å². The SMILES string of the molecule is O=C(c1ccc(CCNC[C@H](O)c2ccc(O)c3[nH]c(=O)ccc23)cc1)N1CCC2(CC1)CN(C(=O)c1ccc(COc3cccc([C@](O)(C(=O)OCC4CCN(Cc5ccccc5)CC4)c4ccccc4)c3)cc1)C2. The van der Waals surface area contributed by atoms with Crippen molar-refractivity contribution in [3.63, 3.8) is 0 Å². The van der Waals surface area contributed by atoms with Crippen LogP contribution in [-0.2, 0) is 34.7 Å². The molecule has 7 aromatic rings. The van der Waals surface area contributed by atoms with Crippen LogP contribution < -0.4 is 15.6 Å². The predicted molar refractivity (Wildman–Crippen MR) is 290 cm³/mol. The van der Waals surface area contributed by atoms with E-state index in [0.717, 1.165) is 56.4 Å². The molecular weight excluding hydrogens is 959 g/mol. The highest BCUT2D eigenvalue weighted by atomic mass is 16.5. The number of carbonyl (C=O) groups excluding carboxylic acids is 3. The minimum absolute atomic E-state index is 0.000163. The lowest BCUT2D eigenvalue weighted by atomic mass is 9.71. The van der Waals surface area contributed by atoms with Crippen molar-refractivity contribution in [1.82, 2.24) is 25.0 Å². The number of likely N-dealkylation sites (tertiary alicyclic amines) is 3. The van der Waals surface area contributed by atoms with Crippen molar-refractivity contribution in [2.24, 2.45) is 11.3 Å². The van der Waals surface area contributed by atoms with E-state index in [9.17, 15) is 34.5 Å². The number of piperidine rings is 2. The number of aromatic amines is 1. The van der Waals surface area contributed by atoms with Crippen molar-refractivity contribution in [1.29, 1.82) is 0 Å². The number of benzene rings is 6. The van der Waals surface area contributed by atoms with Gasteiger partial charge in [-0.15, -0.1) is 0 Å². The van der Waals surface area contributed by atoms with E-state index < -0.39 is 17.7 Å². The highest BCUT2D eigenvalue weighted by molar-refractivity contribution is 5.95. The number of aliphatic hydroxyl groups excluding tert-OH is 1. The smallest absolute Gasteiger partial charge is 0.347 e. The number of aromatic hydroxyl groups is 1. The highest BCUT2D eigenvalue weighted by Crippen LogP contribution is 2.42. The number of fused-ring (bicyclic) bond motifs is 1. The van der Waals surface area contributed by atoms with Crippen LogP contribution in [0.15, 0.2) is 163 Å². The molecule has 0 bridgehead atoms. The first-order valence-electron chi connectivity index (χ1n) is 26.4. The van der Waals surface area contributed by atoms with Crippen LogP contribution in [0.2, 0.25) is 0 Å². The van der Waals surface area contributed by atoms with Crippen LogP contribution in [0.25, 0.3) is 10.9 Å². The number of H-pyrrole nitrogens is 1. The number of hydrogen-bond donors (Lipinski definition) is 5. The number of aromatic nitrogens is 1. The number of phenolic OH excluding ortho intramolecular Hbond substituents is 1. The summed E-state index contributed by atoms with van der Waals surface area (Å²) in [6.07, 6.45) is 3.30. The Morgan fingerprint density at radius 2 is 1.36 bits per heavy atom. The number of hydrogen-bond acceptors (Lipinski definition) is 11. The molecule has 6 aromatic carbocycles. The lowest BCUT2D eigenvalue weighted by Gasteiger charge is -2.54. The van der Waals surface area contributed by atoms with Crippen molar-refractivity contribution in [3.05, 3.63) is 213 Å². The molecule has 0 aliphatic carbocycles. The zero-order valence-corrected chi connectivity index (χ0v) is 42.6. The maximum absolute atomic E-state index is 14.0. The number of rotatable bonds is 18. The van der Waals surface area contributed by atoms with Gasteiger partial charge in [-0.25, -0.2) is 4.79 Å². The number of phenols is 1. The third kappa shape index (κ3) is 11.8. The second-order valence-corrected chi connectivity index (χ2v) is 20.8. The fourth-order valence-electron chi connectivity index (χ4n) is 11.0. The zero-order valence-electron chi connectivity index (χ0n) is 42.6. The summed E-state index contributed by atoms with van der Waals surface area (Å²) in [5.74, 6) is -0.130. The van der Waals surface area contributed by atoms with E-state index in [2.05, 4.69) is 39.5 Å². The summed E-state index contributed by atoms with van der Waals surface area (Å²) >= 11 is 0. The van der Waals surface area contributed by atoms with Gasteiger partial charge < -0.3 is 44.9 Å². The van der Waals surface area contributed by atoms with Crippen molar-refractivity contribution in [2.45, 2.75) is 57.0 Å². The summed E-state index contributed by atoms with van der Waals surface area (Å²) in [6.45, 7) is 6.61. The maximum atomic E-state index is 14.0. The molecule has 14 nitrogen and oxygen atoms in total. The van der Waals surface area contributed by atoms with Crippen LogP contribution in [0.1, 0.15) is 85.9 Å². The third-order valence-corrected chi connectivity index (χ3v) is 15.6. The van der Waals surface area contributed by atoms with Gasteiger partial charge in [-0.05, 0) is 134 Å². The number of nitrogens with zero attached hydrogens (tertiary/aromatic N) is 3. The molecule has 2 amide bonds. The Labute approximate surface area is 442 Å². The molecule has 14 heteroatoms. The summed E-state index contributed by atoms with van der Waals surface area (Å²) < 4.78 is 12.1. The van der Waals surface area contributed by atoms with Gasteiger partial charge in [0.1, 0.15) is 18.1 Å². The number of amides is 2. The van der Waals surface area contributed by atoms with E-state index in [-0.39, 0.29) is 54.2 Å². The first-order valence-corrected chi connectivity index (χ1v) is 26.4. The second-order valence-electron chi connectivity index (χ2n) is 20.8. The number of carbonyl (C=O) groups is 3. The minimum atomic E-state index is -2.05. The number of ether oxygens (including phenoxy) is 2. The van der Waals surface area contributed by atoms with Gasteiger partial charge in [0.25, 0.3) is 11.8 Å². The van der Waals surface area contributed by atoms with Gasteiger partial charge in [0.2, 0.25) is 11.2 Å². The van der Waals surface area contributed by atoms with Crippen LogP contribution in [0.5, 0.6) is 11.5 Å². The molecule has 0 saturated carbocycles. The van der Waals surface area contributed by atoms with Crippen molar-refractivity contribution >= 4 is 28.7 Å². The number of aliphatic hydroxyl groups is 2. The Morgan fingerprint density at radius 1 is 0.711 bits per heavy atom. The minimum Gasteiger partial charge on any atom is -0.506 e. The Bertz CT molecular complexity index is 3180. The Kier molecular flexibility index (Phi) is 15.8. The Morgan fingerprint density at radius 3 is 2.05 bits per heavy atom. The summed E-state index contributed by atoms with van der Waals surface area (Å²) in [5.41, 5.74) is 3.69. The monoisotopic (exact) mass is 1020 g/mol. The summed E-state index contributed by atoms with van der Waals surface area (Å²) in [7, 11) is 0. The Balaban J connectivity index is 0.657. The van der Waals surface area contributed by atoms with Crippen molar-refractivity contribution in [2.75, 3.05) is 59.0 Å². The van der Waals surface area contributed by atoms with Crippen LogP contribution in [-0.4, -0.2) is 112 Å². The highest BCUT2D eigenvalue weighted by Gasteiger charge is 2.47. The third-order valence-electron chi connectivity index (χ3n) is 15.6. The standard InChI is InChI=1S/C62H65N5O9/c68-54-24-22-52(53-23-25-56(70)64-57(53)54)55(69)37-63-31-26-43-14-18-47(19-15-43)58(71)66-34-29-61(30-35-66)41-67(42-61)59(72)48-20-16-45(17-21-48)39-75-51-13-7-12-50(36-51)62(74,49-10-5-2-6-11-49)60(73)76-40-46-27-32-65(33-28-46)38-44-8-3-1-4-9-44/h1-25,36,46,55,63,68-69,74H,26-35,37-42H2,(H,64,70)/t55-,62-/m0/s1. The molecule has 76 heavy (non-hydrogen) atoms. The fourth-order valence-corrected chi connectivity index (χ4v) is 11.0. The molecule has 3 aliphatic heterocycles. The average Bonchev–Trinajstić information content (AvgIpc) is 3.46. The van der Waals surface area contributed by atoms with Gasteiger partial charge >= 0.3 is 5.97 Å². The van der Waals surface area contributed by atoms with Gasteiger partial charge in [-0.3, -0.25) is 19.3 Å². The quantitative estimate of drug-likeness (QED) is 0.0419. The molecule has 1 spiro atoms. The summed E-state index contributed by atoms with van der Waals surface area (Å²) in [4.78, 5) is 61.7. The van der Waals surface area contributed by atoms with E-state index in [1.54, 1.807) is 60.7 Å². The van der Waals surface area contributed by atoms with E-state index in [0.29, 0.717) is 83.6 Å². The lowest BCUT2D eigenvalue weighted by molar-refractivity contribution is -0.164. The molecule has 1 aromatic heterocycles. The molecule has 10 rings (SSSR count). The fraction of sp³-hybridized carbons (Fsp3) is 0.323. The van der Waals surface area contributed by atoms with Gasteiger partial charge in [-0.1, -0.05) is 103 Å². The first-order chi connectivity index (χ1) is 36.9. The van der Waals surface area contributed by atoms with Gasteiger partial charge in [0, 0.05) is 72.8 Å². The van der Waals surface area contributed by atoms with Crippen LogP contribution in [0, 0.1) is 11.3 Å². The number of pyridine rings is 1. The average molecular weight is 1020 g/mol. The molecule has 3 fully saturated rings. The summed E-state index contributed by atoms with van der Waals surface area (Å²) in [6, 6.07) is 47.4. The van der Waals surface area contributed by atoms with Crippen LogP contribution >= 0.6 is 0 Å². The number of nitrogens with one attached hydrogen (secondary N) is 2. The van der Waals surface area contributed by atoms with Gasteiger partial charge in [0.15, 0.2) is 0 Å². The van der Waals surface area contributed by atoms with Gasteiger partial charge in [0.05, 0.1) is 18.2 Å². The van der Waals surface area contributed by atoms with E-state index in [1.807, 2.05) is 70.5 Å². The topological polar surface area (TPSA) is 185 Å². The first kappa shape index (κ1) is 51.8. The maximum Gasteiger partial charge on any atom is 0.347 e. The zero-order chi connectivity index (χ0) is 52.7. The Hall–Kier alpha value is -7.62. The van der Waals surface area contributed by atoms with Crippen molar-refractivity contribution in [3.8, 4) is 11.5 Å². The second kappa shape index (κ2) is 23.1. The molecule has 4 heterocycles. The normalized spacial score (nSPS) is 16.9. The van der Waals surface area contributed by atoms with Crippen LogP contribution in [0.3, 0.4) is 0 Å². The molecular formula is C62H65N5O9. The lowest BCUT2D eigenvalue weighted by Crippen LogP contribution is -2.62. The predicted octanol–water partition coefficient (Wildman–Crippen LogP) is 7.75. The number of esters is 1. The molecule has 5 N–H and O–H groups in total. The van der Waals surface area contributed by atoms with Crippen molar-refractivity contribution < 1.29 is 39.2 Å². The molecule has 0 radical (unpaired) electrons. The molecule has 3 saturated heterocycles. The molecule has 392 valence electrons. The molecule has 0 unspecified atom stereocenters. The van der Waals surface area contributed by atoms with E-state index in [1.165, 1.54) is 17.7 Å². The molecule has 3 aliphatic rings. The summed E-state index contributed by atoms with van der Waals surface area (Å²) in [5, 5.41) is 37.2. The van der Waals surface area contributed by atoms with Crippen LogP contribution in [0.4, 0.5) is 0 Å². The van der Waals surface area contributed by atoms with E-state index >= 15 is 0 Å². The largest absolute Gasteiger partial charge is 0.506 e. The van der Waals surface area contributed by atoms with E-state index in [4.69, 9.17) is 9.47 Å².